The molecule has 0 spiro atoms. The molecule has 2 aromatic heterocycles. The molecular weight excluding hydrogens is 276 g/mol. The van der Waals surface area contributed by atoms with Gasteiger partial charge in [-0.15, -0.1) is 12.4 Å². The number of nitrogens with zero attached hydrogens (tertiary/aromatic N) is 3. The Balaban J connectivity index is 0.00000147. The summed E-state index contributed by atoms with van der Waals surface area (Å²) in [6.07, 6.45) is 8.03. The third-order valence-corrected chi connectivity index (χ3v) is 3.55. The van der Waals surface area contributed by atoms with Gasteiger partial charge in [-0.25, -0.2) is 0 Å². The Morgan fingerprint density at radius 3 is 3.10 bits per heavy atom. The lowest BCUT2D eigenvalue weighted by Gasteiger charge is -2.09. The van der Waals surface area contributed by atoms with Crippen molar-refractivity contribution >= 4 is 12.4 Å². The molecule has 6 heteroatoms. The Bertz CT molecular complexity index is 509. The third kappa shape index (κ3) is 3.77. The van der Waals surface area contributed by atoms with Crippen molar-refractivity contribution in [2.75, 3.05) is 13.1 Å². The van der Waals surface area contributed by atoms with Crippen molar-refractivity contribution in [2.24, 2.45) is 5.92 Å². The summed E-state index contributed by atoms with van der Waals surface area (Å²) in [5.74, 6) is 2.03. The van der Waals surface area contributed by atoms with Crippen LogP contribution >= 0.6 is 12.4 Å². The molecule has 1 fully saturated rings. The van der Waals surface area contributed by atoms with Crippen molar-refractivity contribution < 1.29 is 4.52 Å². The second-order valence-electron chi connectivity index (χ2n) is 5.00. The molecule has 108 valence electrons. The average molecular weight is 295 g/mol. The minimum absolute atomic E-state index is 0. The first-order valence-corrected chi connectivity index (χ1v) is 6.85. The van der Waals surface area contributed by atoms with Crippen LogP contribution in [0.5, 0.6) is 0 Å². The van der Waals surface area contributed by atoms with Crippen molar-refractivity contribution in [3.63, 3.8) is 0 Å². The summed E-state index contributed by atoms with van der Waals surface area (Å²) in [4.78, 5) is 8.54. The van der Waals surface area contributed by atoms with Crippen LogP contribution in [0.1, 0.15) is 25.2 Å². The Kier molecular flexibility index (Phi) is 5.49. The van der Waals surface area contributed by atoms with E-state index < -0.39 is 0 Å². The maximum atomic E-state index is 5.35. The molecule has 0 aromatic carbocycles. The van der Waals surface area contributed by atoms with E-state index in [4.69, 9.17) is 4.52 Å². The van der Waals surface area contributed by atoms with E-state index in [1.165, 1.54) is 19.3 Å². The van der Waals surface area contributed by atoms with Crippen LogP contribution in [-0.2, 0) is 6.42 Å². The molecule has 5 nitrogen and oxygen atoms in total. The van der Waals surface area contributed by atoms with Crippen molar-refractivity contribution in [1.82, 2.24) is 20.4 Å². The van der Waals surface area contributed by atoms with Crippen LogP contribution in [0.3, 0.4) is 0 Å². The molecule has 3 heterocycles. The fourth-order valence-corrected chi connectivity index (χ4v) is 2.49. The molecule has 0 amide bonds. The summed E-state index contributed by atoms with van der Waals surface area (Å²) in [5, 5.41) is 7.45. The third-order valence-electron chi connectivity index (χ3n) is 3.55. The van der Waals surface area contributed by atoms with Crippen LogP contribution < -0.4 is 5.32 Å². The van der Waals surface area contributed by atoms with E-state index in [-0.39, 0.29) is 12.4 Å². The molecule has 1 saturated heterocycles. The molecular formula is C14H19ClN4O. The van der Waals surface area contributed by atoms with E-state index in [0.29, 0.717) is 11.7 Å². The highest BCUT2D eigenvalue weighted by Gasteiger charge is 2.16. The van der Waals surface area contributed by atoms with Gasteiger partial charge in [-0.3, -0.25) is 4.98 Å². The Morgan fingerprint density at radius 1 is 1.30 bits per heavy atom. The highest BCUT2D eigenvalue weighted by atomic mass is 35.5. The first-order valence-electron chi connectivity index (χ1n) is 6.85. The number of rotatable bonds is 3. The molecule has 0 aliphatic carbocycles. The molecule has 1 aliphatic rings. The van der Waals surface area contributed by atoms with Crippen molar-refractivity contribution in [3.05, 3.63) is 30.4 Å². The minimum atomic E-state index is 0. The van der Waals surface area contributed by atoms with Crippen LogP contribution in [0, 0.1) is 5.92 Å². The number of hydrogen-bond donors (Lipinski definition) is 1. The number of halogens is 1. The molecule has 0 bridgehead atoms. The number of nitrogens with one attached hydrogen (secondary N) is 1. The molecule has 0 radical (unpaired) electrons. The van der Waals surface area contributed by atoms with Gasteiger partial charge in [0.05, 0.1) is 0 Å². The van der Waals surface area contributed by atoms with Crippen molar-refractivity contribution in [2.45, 2.75) is 25.7 Å². The SMILES string of the molecule is Cl.c1cncc(-c2noc(CC3CCCNCC3)n2)c1. The van der Waals surface area contributed by atoms with Crippen LogP contribution in [0.2, 0.25) is 0 Å². The number of hydrogen-bond acceptors (Lipinski definition) is 5. The highest BCUT2D eigenvalue weighted by Crippen LogP contribution is 2.20. The summed E-state index contributed by atoms with van der Waals surface area (Å²) in [6, 6.07) is 3.82. The number of pyridine rings is 1. The topological polar surface area (TPSA) is 63.8 Å². The van der Waals surface area contributed by atoms with E-state index in [9.17, 15) is 0 Å². The van der Waals surface area contributed by atoms with Crippen molar-refractivity contribution in [1.29, 1.82) is 0 Å². The van der Waals surface area contributed by atoms with Gasteiger partial charge in [0, 0.05) is 24.4 Å². The molecule has 1 atom stereocenters. The van der Waals surface area contributed by atoms with E-state index in [1.807, 2.05) is 12.1 Å². The minimum Gasteiger partial charge on any atom is -0.339 e. The predicted molar refractivity (Wildman–Crippen MR) is 78.7 cm³/mol. The summed E-state index contributed by atoms with van der Waals surface area (Å²) in [5.41, 5.74) is 0.903. The fraction of sp³-hybridized carbons (Fsp3) is 0.500. The standard InChI is InChI=1S/C14H18N4O.ClH/c1-3-11(5-8-15-6-1)9-13-17-14(18-19-13)12-4-2-7-16-10-12;/h2,4,7,10-11,15H,1,3,5-6,8-9H2;1H. The van der Waals surface area contributed by atoms with Gasteiger partial charge in [0.15, 0.2) is 0 Å². The van der Waals surface area contributed by atoms with E-state index in [0.717, 1.165) is 31.0 Å². The van der Waals surface area contributed by atoms with Gasteiger partial charge < -0.3 is 9.84 Å². The monoisotopic (exact) mass is 294 g/mol. The van der Waals surface area contributed by atoms with Crippen LogP contribution in [0.25, 0.3) is 11.4 Å². The summed E-state index contributed by atoms with van der Waals surface area (Å²) in [6.45, 7) is 2.22. The largest absolute Gasteiger partial charge is 0.339 e. The van der Waals surface area contributed by atoms with Gasteiger partial charge >= 0.3 is 0 Å². The van der Waals surface area contributed by atoms with Gasteiger partial charge in [-0.05, 0) is 50.4 Å². The summed E-state index contributed by atoms with van der Waals surface area (Å²) >= 11 is 0. The summed E-state index contributed by atoms with van der Waals surface area (Å²) < 4.78 is 5.35. The van der Waals surface area contributed by atoms with Crippen LogP contribution in [-0.4, -0.2) is 28.2 Å². The second kappa shape index (κ2) is 7.36. The smallest absolute Gasteiger partial charge is 0.227 e. The zero-order chi connectivity index (χ0) is 12.9. The Hall–Kier alpha value is -1.46. The first-order chi connectivity index (χ1) is 9.42. The molecule has 0 saturated carbocycles. The fourth-order valence-electron chi connectivity index (χ4n) is 2.49. The quantitative estimate of drug-likeness (QED) is 0.942. The maximum Gasteiger partial charge on any atom is 0.227 e. The number of aromatic nitrogens is 3. The highest BCUT2D eigenvalue weighted by molar-refractivity contribution is 5.85. The Morgan fingerprint density at radius 2 is 2.25 bits per heavy atom. The normalized spacial score (nSPS) is 19.1. The lowest BCUT2D eigenvalue weighted by Crippen LogP contribution is -2.14. The van der Waals surface area contributed by atoms with E-state index >= 15 is 0 Å². The summed E-state index contributed by atoms with van der Waals surface area (Å²) in [7, 11) is 0. The van der Waals surface area contributed by atoms with E-state index in [1.54, 1.807) is 12.4 Å². The van der Waals surface area contributed by atoms with Gasteiger partial charge in [-0.2, -0.15) is 4.98 Å². The van der Waals surface area contributed by atoms with Gasteiger partial charge in [-0.1, -0.05) is 5.16 Å². The van der Waals surface area contributed by atoms with E-state index in [2.05, 4.69) is 20.4 Å². The lowest BCUT2D eigenvalue weighted by molar-refractivity contribution is 0.341. The maximum absolute atomic E-state index is 5.35. The first kappa shape index (κ1) is 14.9. The Labute approximate surface area is 124 Å². The zero-order valence-electron chi connectivity index (χ0n) is 11.3. The zero-order valence-corrected chi connectivity index (χ0v) is 12.1. The second-order valence-corrected chi connectivity index (χ2v) is 5.00. The molecule has 2 aromatic rings. The van der Waals surface area contributed by atoms with Gasteiger partial charge in [0.25, 0.3) is 0 Å². The predicted octanol–water partition coefficient (Wildman–Crippen LogP) is 2.49. The van der Waals surface area contributed by atoms with Gasteiger partial charge in [0.1, 0.15) is 0 Å². The van der Waals surface area contributed by atoms with Crippen molar-refractivity contribution in [3.8, 4) is 11.4 Å². The molecule has 1 unspecified atom stereocenters. The van der Waals surface area contributed by atoms with Crippen LogP contribution in [0.15, 0.2) is 29.0 Å². The molecule has 1 N–H and O–H groups in total. The lowest BCUT2D eigenvalue weighted by atomic mass is 9.97. The molecule has 1 aliphatic heterocycles. The van der Waals surface area contributed by atoms with Gasteiger partial charge in [0.2, 0.25) is 11.7 Å². The van der Waals surface area contributed by atoms with Crippen LogP contribution in [0.4, 0.5) is 0 Å². The average Bonchev–Trinajstić information content (AvgIpc) is 2.76. The molecule has 3 rings (SSSR count). The molecule has 20 heavy (non-hydrogen) atoms.